The molecule has 10 heteroatoms. The minimum atomic E-state index is -0.838. The third-order valence-corrected chi connectivity index (χ3v) is 6.82. The number of aryl methyl sites for hydroxylation is 1. The highest BCUT2D eigenvalue weighted by molar-refractivity contribution is 5.72. The molecule has 5 rings (SSSR count). The lowest BCUT2D eigenvalue weighted by molar-refractivity contribution is -0.147. The van der Waals surface area contributed by atoms with Crippen LogP contribution in [0.5, 0.6) is 0 Å². The summed E-state index contributed by atoms with van der Waals surface area (Å²) in [6.45, 7) is 2.48. The molecule has 4 aromatic rings. The van der Waals surface area contributed by atoms with E-state index in [0.29, 0.717) is 25.2 Å². The number of nitrogens with zero attached hydrogens (tertiary/aromatic N) is 6. The first-order valence-electron chi connectivity index (χ1n) is 11.9. The number of carboxylic acids is 1. The fourth-order valence-electron chi connectivity index (χ4n) is 4.70. The highest BCUT2D eigenvalue weighted by Gasteiger charge is 2.39. The van der Waals surface area contributed by atoms with Crippen molar-refractivity contribution < 1.29 is 9.90 Å². The van der Waals surface area contributed by atoms with Crippen LogP contribution in [-0.4, -0.2) is 45.8 Å². The van der Waals surface area contributed by atoms with Crippen LogP contribution in [0, 0.1) is 5.92 Å². The van der Waals surface area contributed by atoms with Crippen molar-refractivity contribution in [2.75, 3.05) is 0 Å². The molecule has 2 atom stereocenters. The fraction of sp³-hybridized carbons (Fsp3) is 0.360. The number of H-pyrrole nitrogens is 1. The number of benzene rings is 1. The highest BCUT2D eigenvalue weighted by Crippen LogP contribution is 2.38. The van der Waals surface area contributed by atoms with E-state index < -0.39 is 11.9 Å². The molecule has 180 valence electrons. The summed E-state index contributed by atoms with van der Waals surface area (Å²) in [5.41, 5.74) is 4.50. The molecule has 0 spiro atoms. The number of rotatable bonds is 9. The van der Waals surface area contributed by atoms with E-state index in [9.17, 15) is 14.7 Å². The zero-order valence-electron chi connectivity index (χ0n) is 19.5. The van der Waals surface area contributed by atoms with E-state index in [2.05, 4.69) is 32.5 Å². The van der Waals surface area contributed by atoms with E-state index in [0.717, 1.165) is 47.2 Å². The molecule has 1 aliphatic rings. The van der Waals surface area contributed by atoms with Crippen molar-refractivity contribution in [2.24, 2.45) is 5.92 Å². The number of pyridine rings is 1. The Morgan fingerprint density at radius 3 is 2.63 bits per heavy atom. The second kappa shape index (κ2) is 9.65. The molecular weight excluding hydrogens is 446 g/mol. The Labute approximate surface area is 201 Å². The Balaban J connectivity index is 1.49. The first-order valence-corrected chi connectivity index (χ1v) is 11.9. The minimum Gasteiger partial charge on any atom is -0.481 e. The third-order valence-electron chi connectivity index (χ3n) is 6.82. The summed E-state index contributed by atoms with van der Waals surface area (Å²) in [5.74, 6) is -0.820. The van der Waals surface area contributed by atoms with Gasteiger partial charge in [0.25, 0.3) is 0 Å². The number of carbonyl (C=O) groups is 1. The van der Waals surface area contributed by atoms with Gasteiger partial charge in [-0.1, -0.05) is 37.6 Å². The summed E-state index contributed by atoms with van der Waals surface area (Å²) < 4.78 is 3.42. The molecule has 0 amide bonds. The van der Waals surface area contributed by atoms with Gasteiger partial charge in [-0.05, 0) is 53.7 Å². The first kappa shape index (κ1) is 22.7. The van der Waals surface area contributed by atoms with Crippen LogP contribution >= 0.6 is 0 Å². The Bertz CT molecular complexity index is 1370. The van der Waals surface area contributed by atoms with Gasteiger partial charge >= 0.3 is 11.7 Å². The molecule has 0 aliphatic heterocycles. The molecule has 10 nitrogen and oxygen atoms in total. The molecule has 3 heterocycles. The molecule has 2 N–H and O–H groups in total. The van der Waals surface area contributed by atoms with Crippen molar-refractivity contribution in [3.8, 4) is 22.5 Å². The molecule has 1 fully saturated rings. The van der Waals surface area contributed by atoms with Gasteiger partial charge in [0, 0.05) is 29.8 Å². The second-order valence-electron chi connectivity index (χ2n) is 8.93. The third kappa shape index (κ3) is 4.39. The zero-order valence-corrected chi connectivity index (χ0v) is 19.5. The van der Waals surface area contributed by atoms with E-state index in [-0.39, 0.29) is 11.7 Å². The summed E-state index contributed by atoms with van der Waals surface area (Å²) in [5, 5.41) is 23.6. The van der Waals surface area contributed by atoms with Crippen LogP contribution in [0.25, 0.3) is 22.5 Å². The number of tetrazole rings is 1. The van der Waals surface area contributed by atoms with E-state index in [1.807, 2.05) is 36.5 Å². The maximum absolute atomic E-state index is 13.5. The number of aliphatic carboxylic acids is 1. The number of unbranched alkanes of at least 4 members (excludes halogenated alkanes) is 1. The molecular formula is C25H27N7O3. The van der Waals surface area contributed by atoms with Crippen molar-refractivity contribution >= 4 is 5.97 Å². The lowest BCUT2D eigenvalue weighted by Crippen LogP contribution is -2.40. The predicted octanol–water partition coefficient (Wildman–Crippen LogP) is 3.32. The van der Waals surface area contributed by atoms with Gasteiger partial charge in [0.05, 0.1) is 18.5 Å². The normalized spacial score (nSPS) is 17.3. The summed E-state index contributed by atoms with van der Waals surface area (Å²) in [4.78, 5) is 29.4. The Kier molecular flexibility index (Phi) is 6.26. The molecule has 1 aliphatic carbocycles. The summed E-state index contributed by atoms with van der Waals surface area (Å²) in [6.07, 6.45) is 9.43. The number of carboxylic acid groups (broad SMARTS) is 1. The largest absolute Gasteiger partial charge is 0.481 e. The van der Waals surface area contributed by atoms with Crippen LogP contribution in [0.4, 0.5) is 0 Å². The van der Waals surface area contributed by atoms with Crippen molar-refractivity contribution in [3.05, 3.63) is 70.7 Å². The van der Waals surface area contributed by atoms with E-state index in [4.69, 9.17) is 0 Å². The SMILES string of the molecule is CCCCc1cn(C2CCC2C(=O)O)c(=O)n1Cc1cnccc1-c1ccc(-c2nn[nH]n2)cc1. The predicted molar refractivity (Wildman–Crippen MR) is 129 cm³/mol. The van der Waals surface area contributed by atoms with Gasteiger partial charge < -0.3 is 5.11 Å². The van der Waals surface area contributed by atoms with Gasteiger partial charge in [-0.3, -0.25) is 18.9 Å². The maximum Gasteiger partial charge on any atom is 0.328 e. The molecule has 0 radical (unpaired) electrons. The molecule has 3 aromatic heterocycles. The Hall–Kier alpha value is -4.08. The molecule has 1 saturated carbocycles. The first-order chi connectivity index (χ1) is 17.1. The van der Waals surface area contributed by atoms with Crippen molar-refractivity contribution in [3.63, 3.8) is 0 Å². The van der Waals surface area contributed by atoms with Gasteiger partial charge in [0.1, 0.15) is 0 Å². The lowest BCUT2D eigenvalue weighted by Gasteiger charge is -2.33. The van der Waals surface area contributed by atoms with Crippen LogP contribution in [0.2, 0.25) is 0 Å². The number of hydrogen-bond donors (Lipinski definition) is 2. The second-order valence-corrected chi connectivity index (χ2v) is 8.93. The number of nitrogens with one attached hydrogen (secondary N) is 1. The quantitative estimate of drug-likeness (QED) is 0.381. The van der Waals surface area contributed by atoms with Crippen LogP contribution in [-0.2, 0) is 17.8 Å². The van der Waals surface area contributed by atoms with Gasteiger partial charge in [0.15, 0.2) is 0 Å². The minimum absolute atomic E-state index is 0.158. The average Bonchev–Trinajstić information content (AvgIpc) is 3.47. The number of aromatic nitrogens is 7. The van der Waals surface area contributed by atoms with Crippen molar-refractivity contribution in [1.29, 1.82) is 0 Å². The molecule has 0 saturated heterocycles. The fourth-order valence-corrected chi connectivity index (χ4v) is 4.70. The monoisotopic (exact) mass is 473 g/mol. The van der Waals surface area contributed by atoms with Crippen molar-refractivity contribution in [2.45, 2.75) is 51.6 Å². The van der Waals surface area contributed by atoms with Gasteiger partial charge in [-0.25, -0.2) is 4.79 Å². The number of aromatic amines is 1. The number of imidazole rings is 1. The van der Waals surface area contributed by atoms with Crippen LogP contribution < -0.4 is 5.69 Å². The van der Waals surface area contributed by atoms with E-state index in [1.54, 1.807) is 21.5 Å². The van der Waals surface area contributed by atoms with E-state index >= 15 is 0 Å². The van der Waals surface area contributed by atoms with Crippen LogP contribution in [0.15, 0.2) is 53.7 Å². The van der Waals surface area contributed by atoms with Gasteiger partial charge in [-0.15, -0.1) is 10.2 Å². The molecule has 1 aromatic carbocycles. The summed E-state index contributed by atoms with van der Waals surface area (Å²) in [7, 11) is 0. The lowest BCUT2D eigenvalue weighted by atomic mass is 9.79. The van der Waals surface area contributed by atoms with Gasteiger partial charge in [-0.2, -0.15) is 5.21 Å². The molecule has 2 unspecified atom stereocenters. The molecule has 35 heavy (non-hydrogen) atoms. The Morgan fingerprint density at radius 1 is 1.17 bits per heavy atom. The van der Waals surface area contributed by atoms with Crippen molar-refractivity contribution in [1.82, 2.24) is 34.7 Å². The van der Waals surface area contributed by atoms with Crippen LogP contribution in [0.3, 0.4) is 0 Å². The smallest absolute Gasteiger partial charge is 0.328 e. The standard InChI is InChI=1S/C25H27N7O3/c1-2-3-4-19-15-32(22-10-9-21(22)24(33)34)25(35)31(19)14-18-13-26-12-11-20(18)16-5-7-17(8-6-16)23-27-29-30-28-23/h5-8,11-13,15,21-22H,2-4,9-10,14H2,1H3,(H,33,34)(H,27,28,29,30). The number of hydrogen-bond acceptors (Lipinski definition) is 6. The molecule has 0 bridgehead atoms. The highest BCUT2D eigenvalue weighted by atomic mass is 16.4. The van der Waals surface area contributed by atoms with Crippen LogP contribution in [0.1, 0.15) is 49.9 Å². The van der Waals surface area contributed by atoms with E-state index in [1.165, 1.54) is 0 Å². The summed E-state index contributed by atoms with van der Waals surface area (Å²) in [6, 6.07) is 9.50. The maximum atomic E-state index is 13.5. The zero-order chi connectivity index (χ0) is 24.4. The summed E-state index contributed by atoms with van der Waals surface area (Å²) >= 11 is 0. The van der Waals surface area contributed by atoms with Gasteiger partial charge in [0.2, 0.25) is 5.82 Å². The Morgan fingerprint density at radius 2 is 1.97 bits per heavy atom. The average molecular weight is 474 g/mol. The topological polar surface area (TPSA) is 132 Å².